The summed E-state index contributed by atoms with van der Waals surface area (Å²) >= 11 is 0. The molecule has 0 amide bonds. The van der Waals surface area contributed by atoms with Crippen LogP contribution in [0, 0.1) is 28.0 Å². The van der Waals surface area contributed by atoms with Crippen LogP contribution in [0.2, 0.25) is 0 Å². The van der Waals surface area contributed by atoms with E-state index in [2.05, 4.69) is 33.0 Å². The third kappa shape index (κ3) is 1.68. The lowest BCUT2D eigenvalue weighted by Gasteiger charge is -2.08. The van der Waals surface area contributed by atoms with E-state index in [0.29, 0.717) is 6.04 Å². The number of rotatable bonds is 2. The van der Waals surface area contributed by atoms with E-state index in [0.717, 1.165) is 5.69 Å². The Morgan fingerprint density at radius 2 is 1.82 bits per heavy atom. The second-order valence-electron chi connectivity index (χ2n) is 5.83. The number of nitrogens with one attached hydrogen (secondary N) is 1. The van der Waals surface area contributed by atoms with Crippen LogP contribution in [0.3, 0.4) is 0 Å². The highest BCUT2D eigenvalue weighted by molar-refractivity contribution is 5.51. The predicted molar refractivity (Wildman–Crippen MR) is 66.1 cm³/mol. The van der Waals surface area contributed by atoms with Gasteiger partial charge in [-0.2, -0.15) is 5.26 Å². The molecule has 1 aromatic rings. The number of nitrogens with zero attached hydrogens (tertiary/aromatic N) is 1. The highest BCUT2D eigenvalue weighted by Gasteiger charge is 2.64. The van der Waals surface area contributed by atoms with Crippen molar-refractivity contribution in [2.45, 2.75) is 33.7 Å². The van der Waals surface area contributed by atoms with E-state index in [4.69, 9.17) is 5.26 Å². The van der Waals surface area contributed by atoms with E-state index in [1.807, 2.05) is 6.07 Å². The standard InChI is InChI=1S/C14H17FN2/c1-13(2)12(14(13,3)4)17-10-6-5-9(8-16)11(15)7-10/h5-7,12,17H,1-4H3. The molecule has 0 unspecified atom stereocenters. The average molecular weight is 232 g/mol. The highest BCUT2D eigenvalue weighted by Crippen LogP contribution is 2.63. The van der Waals surface area contributed by atoms with Crippen LogP contribution in [-0.2, 0) is 0 Å². The molecule has 0 aliphatic heterocycles. The van der Waals surface area contributed by atoms with Crippen LogP contribution in [0.15, 0.2) is 18.2 Å². The first kappa shape index (κ1) is 11.9. The minimum absolute atomic E-state index is 0.0878. The number of benzene rings is 1. The Kier molecular flexibility index (Phi) is 2.43. The topological polar surface area (TPSA) is 35.8 Å². The van der Waals surface area contributed by atoms with Crippen LogP contribution in [0.1, 0.15) is 33.3 Å². The second kappa shape index (κ2) is 3.46. The van der Waals surface area contributed by atoms with Crippen molar-refractivity contribution in [3.63, 3.8) is 0 Å². The molecule has 1 aromatic carbocycles. The van der Waals surface area contributed by atoms with E-state index < -0.39 is 5.82 Å². The van der Waals surface area contributed by atoms with E-state index in [1.54, 1.807) is 6.07 Å². The molecule has 2 nitrogen and oxygen atoms in total. The van der Waals surface area contributed by atoms with Crippen LogP contribution in [0.5, 0.6) is 0 Å². The Balaban J connectivity index is 2.18. The maximum Gasteiger partial charge on any atom is 0.143 e. The first-order chi connectivity index (χ1) is 7.80. The van der Waals surface area contributed by atoms with Crippen molar-refractivity contribution >= 4 is 5.69 Å². The molecule has 0 spiro atoms. The van der Waals surface area contributed by atoms with Gasteiger partial charge in [-0.15, -0.1) is 0 Å². The van der Waals surface area contributed by atoms with Crippen LogP contribution in [-0.4, -0.2) is 6.04 Å². The van der Waals surface area contributed by atoms with Crippen molar-refractivity contribution in [1.29, 1.82) is 5.26 Å². The molecular weight excluding hydrogens is 215 g/mol. The van der Waals surface area contributed by atoms with Crippen LogP contribution in [0.4, 0.5) is 10.1 Å². The Morgan fingerprint density at radius 1 is 1.24 bits per heavy atom. The lowest BCUT2D eigenvalue weighted by molar-refractivity contribution is 0.457. The molecule has 17 heavy (non-hydrogen) atoms. The summed E-state index contributed by atoms with van der Waals surface area (Å²) in [6.07, 6.45) is 0. The molecule has 3 heteroatoms. The normalized spacial score (nSPS) is 20.7. The molecule has 0 heterocycles. The van der Waals surface area contributed by atoms with Gasteiger partial charge in [-0.05, 0) is 29.0 Å². The summed E-state index contributed by atoms with van der Waals surface area (Å²) in [5.74, 6) is -0.464. The fourth-order valence-electron chi connectivity index (χ4n) is 2.42. The van der Waals surface area contributed by atoms with Crippen LogP contribution >= 0.6 is 0 Å². The van der Waals surface area contributed by atoms with E-state index in [1.165, 1.54) is 12.1 Å². The Morgan fingerprint density at radius 3 is 2.24 bits per heavy atom. The Bertz CT molecular complexity index is 483. The van der Waals surface area contributed by atoms with Gasteiger partial charge in [0, 0.05) is 11.7 Å². The molecule has 1 fully saturated rings. The number of hydrogen-bond acceptors (Lipinski definition) is 2. The van der Waals surface area contributed by atoms with Crippen molar-refractivity contribution in [2.24, 2.45) is 10.8 Å². The third-order valence-electron chi connectivity index (χ3n) is 4.42. The number of hydrogen-bond donors (Lipinski definition) is 1. The SMILES string of the molecule is CC1(C)C(Nc2ccc(C#N)c(F)c2)C1(C)C. The summed E-state index contributed by atoms with van der Waals surface area (Å²) in [7, 11) is 0. The highest BCUT2D eigenvalue weighted by atomic mass is 19.1. The first-order valence-corrected chi connectivity index (χ1v) is 5.77. The quantitative estimate of drug-likeness (QED) is 0.846. The van der Waals surface area contributed by atoms with E-state index in [9.17, 15) is 4.39 Å². The van der Waals surface area contributed by atoms with Crippen molar-refractivity contribution in [3.05, 3.63) is 29.6 Å². The first-order valence-electron chi connectivity index (χ1n) is 5.77. The maximum atomic E-state index is 13.4. The zero-order valence-electron chi connectivity index (χ0n) is 10.6. The molecule has 1 aliphatic rings. The smallest absolute Gasteiger partial charge is 0.143 e. The van der Waals surface area contributed by atoms with Gasteiger partial charge >= 0.3 is 0 Å². The van der Waals surface area contributed by atoms with Gasteiger partial charge in [0.2, 0.25) is 0 Å². The molecule has 90 valence electrons. The zero-order valence-corrected chi connectivity index (χ0v) is 10.6. The predicted octanol–water partition coefficient (Wildman–Crippen LogP) is 3.54. The molecule has 2 rings (SSSR count). The summed E-state index contributed by atoms with van der Waals surface area (Å²) in [5.41, 5.74) is 1.24. The van der Waals surface area contributed by atoms with Gasteiger partial charge in [-0.25, -0.2) is 4.39 Å². The lowest BCUT2D eigenvalue weighted by atomic mass is 10.0. The molecular formula is C14H17FN2. The molecule has 0 aromatic heterocycles. The van der Waals surface area contributed by atoms with Gasteiger partial charge in [0.25, 0.3) is 0 Å². The van der Waals surface area contributed by atoms with Crippen LogP contribution < -0.4 is 5.32 Å². The number of anilines is 1. The van der Waals surface area contributed by atoms with Gasteiger partial charge in [0.1, 0.15) is 11.9 Å². The van der Waals surface area contributed by atoms with Crippen molar-refractivity contribution in [3.8, 4) is 6.07 Å². The summed E-state index contributed by atoms with van der Waals surface area (Å²) in [6, 6.07) is 6.82. The lowest BCUT2D eigenvalue weighted by Crippen LogP contribution is -2.10. The van der Waals surface area contributed by atoms with E-state index in [-0.39, 0.29) is 16.4 Å². The van der Waals surface area contributed by atoms with Gasteiger partial charge in [0.15, 0.2) is 0 Å². The minimum atomic E-state index is -0.464. The molecule has 0 bridgehead atoms. The molecule has 0 saturated heterocycles. The minimum Gasteiger partial charge on any atom is -0.381 e. The maximum absolute atomic E-state index is 13.4. The fraction of sp³-hybridized carbons (Fsp3) is 0.500. The molecule has 1 N–H and O–H groups in total. The summed E-state index contributed by atoms with van der Waals surface area (Å²) < 4.78 is 13.4. The summed E-state index contributed by atoms with van der Waals surface area (Å²) in [6.45, 7) is 8.80. The van der Waals surface area contributed by atoms with Gasteiger partial charge in [-0.1, -0.05) is 27.7 Å². The van der Waals surface area contributed by atoms with Crippen molar-refractivity contribution in [1.82, 2.24) is 0 Å². The molecule has 0 radical (unpaired) electrons. The molecule has 0 atom stereocenters. The van der Waals surface area contributed by atoms with Crippen molar-refractivity contribution in [2.75, 3.05) is 5.32 Å². The third-order valence-corrected chi connectivity index (χ3v) is 4.42. The second-order valence-corrected chi connectivity index (χ2v) is 5.83. The largest absolute Gasteiger partial charge is 0.381 e. The zero-order chi connectivity index (χ0) is 12.8. The number of nitriles is 1. The summed E-state index contributed by atoms with van der Waals surface area (Å²) in [4.78, 5) is 0. The summed E-state index contributed by atoms with van der Waals surface area (Å²) in [5, 5.41) is 12.0. The number of halogens is 1. The fourth-order valence-corrected chi connectivity index (χ4v) is 2.42. The van der Waals surface area contributed by atoms with Gasteiger partial charge < -0.3 is 5.32 Å². The van der Waals surface area contributed by atoms with Gasteiger partial charge in [0.05, 0.1) is 5.56 Å². The van der Waals surface area contributed by atoms with Gasteiger partial charge in [-0.3, -0.25) is 0 Å². The van der Waals surface area contributed by atoms with Crippen LogP contribution in [0.25, 0.3) is 0 Å². The Labute approximate surface area is 101 Å². The van der Waals surface area contributed by atoms with E-state index >= 15 is 0 Å². The monoisotopic (exact) mass is 232 g/mol. The average Bonchev–Trinajstić information content (AvgIpc) is 2.61. The van der Waals surface area contributed by atoms with Crippen molar-refractivity contribution < 1.29 is 4.39 Å². The Hall–Kier alpha value is -1.56. The molecule has 1 saturated carbocycles. The molecule has 1 aliphatic carbocycles.